The molecule has 2 aromatic rings. The number of carbonyl (C=O) groups is 1. The number of primary sulfonamides is 1. The second-order valence-electron chi connectivity index (χ2n) is 5.54. The highest BCUT2D eigenvalue weighted by atomic mass is 79.9. The van der Waals surface area contributed by atoms with Crippen molar-refractivity contribution < 1.29 is 22.0 Å². The predicted octanol–water partition coefficient (Wildman–Crippen LogP) is 2.34. The average molecular weight is 417 g/mol. The highest BCUT2D eigenvalue weighted by molar-refractivity contribution is 9.10. The summed E-state index contributed by atoms with van der Waals surface area (Å²) in [5, 5.41) is 4.55. The van der Waals surface area contributed by atoms with E-state index in [1.54, 1.807) is 6.07 Å². The third-order valence-electron chi connectivity index (χ3n) is 3.99. The zero-order valence-electron chi connectivity index (χ0n) is 12.7. The fourth-order valence-corrected chi connectivity index (χ4v) is 3.84. The molecule has 24 heavy (non-hydrogen) atoms. The van der Waals surface area contributed by atoms with E-state index in [2.05, 4.69) is 15.9 Å². The van der Waals surface area contributed by atoms with Crippen LogP contribution < -0.4 is 5.14 Å². The van der Waals surface area contributed by atoms with Crippen molar-refractivity contribution in [3.8, 4) is 0 Å². The van der Waals surface area contributed by atoms with Gasteiger partial charge in [-0.15, -0.1) is 0 Å². The number of sulfonamides is 1. The molecule has 2 N–H and O–H groups in total. The summed E-state index contributed by atoms with van der Waals surface area (Å²) in [6, 6.07) is 4.10. The molecule has 128 valence electrons. The lowest BCUT2D eigenvalue weighted by Crippen LogP contribution is -2.36. The van der Waals surface area contributed by atoms with E-state index < -0.39 is 21.0 Å². The first kappa shape index (κ1) is 17.1. The van der Waals surface area contributed by atoms with Gasteiger partial charge in [0.25, 0.3) is 15.9 Å². The summed E-state index contributed by atoms with van der Waals surface area (Å²) >= 11 is 3.39. The van der Waals surface area contributed by atoms with E-state index in [1.165, 1.54) is 17.9 Å². The molecule has 0 bridgehead atoms. The molecule has 0 radical (unpaired) electrons. The number of nitrogens with zero attached hydrogens (tertiary/aromatic N) is 1. The molecule has 1 aromatic carbocycles. The Balaban J connectivity index is 1.93. The molecule has 3 rings (SSSR count). The van der Waals surface area contributed by atoms with Crippen LogP contribution >= 0.6 is 15.9 Å². The smallest absolute Gasteiger partial charge is 0.271 e. The van der Waals surface area contributed by atoms with Gasteiger partial charge in [-0.25, -0.2) is 17.9 Å². The number of nitrogens with two attached hydrogens (primary N) is 1. The molecule has 2 heterocycles. The van der Waals surface area contributed by atoms with Crippen molar-refractivity contribution in [1.29, 1.82) is 0 Å². The van der Waals surface area contributed by atoms with Crippen LogP contribution in [-0.4, -0.2) is 25.8 Å². The largest absolute Gasteiger partial charge is 0.448 e. The molecule has 1 aliphatic heterocycles. The molecule has 0 unspecified atom stereocenters. The summed E-state index contributed by atoms with van der Waals surface area (Å²) in [7, 11) is -4.03. The predicted molar refractivity (Wildman–Crippen MR) is 87.4 cm³/mol. The van der Waals surface area contributed by atoms with Crippen molar-refractivity contribution in [1.82, 2.24) is 4.90 Å². The molecule has 9 heteroatoms. The van der Waals surface area contributed by atoms with Gasteiger partial charge in [0, 0.05) is 29.2 Å². The van der Waals surface area contributed by atoms with Crippen molar-refractivity contribution in [3.63, 3.8) is 0 Å². The number of carbonyl (C=O) groups excluding carboxylic acids is 1. The molecular weight excluding hydrogens is 403 g/mol. The second-order valence-corrected chi connectivity index (χ2v) is 7.89. The van der Waals surface area contributed by atoms with Crippen molar-refractivity contribution in [2.24, 2.45) is 5.14 Å². The Kier molecular flexibility index (Phi) is 4.27. The standard InChI is InChI=1S/C15H14BrFN2O4S/c1-8-10(6-14(23-8)24(18,21)22)15(20)19-5-4-9-11(7-19)13(17)3-2-12(9)16/h2-3,6H,4-5,7H2,1H3,(H2,18,21,22). The highest BCUT2D eigenvalue weighted by Gasteiger charge is 2.29. The Labute approximate surface area is 146 Å². The average Bonchev–Trinajstić information content (AvgIpc) is 2.92. The van der Waals surface area contributed by atoms with E-state index in [0.29, 0.717) is 18.5 Å². The minimum atomic E-state index is -4.03. The van der Waals surface area contributed by atoms with Crippen molar-refractivity contribution >= 4 is 31.9 Å². The van der Waals surface area contributed by atoms with Gasteiger partial charge in [0.15, 0.2) is 0 Å². The quantitative estimate of drug-likeness (QED) is 0.812. The minimum Gasteiger partial charge on any atom is -0.448 e. The van der Waals surface area contributed by atoms with Crippen LogP contribution in [0.3, 0.4) is 0 Å². The van der Waals surface area contributed by atoms with Crippen LogP contribution in [-0.2, 0) is 23.0 Å². The first-order chi connectivity index (χ1) is 11.2. The van der Waals surface area contributed by atoms with Crippen molar-refractivity contribution in [3.05, 3.63) is 50.9 Å². The number of furan rings is 1. The van der Waals surface area contributed by atoms with Gasteiger partial charge in [-0.2, -0.15) is 0 Å². The molecule has 1 amide bonds. The van der Waals surface area contributed by atoms with Gasteiger partial charge in [0.2, 0.25) is 5.09 Å². The molecule has 1 aliphatic rings. The summed E-state index contributed by atoms with van der Waals surface area (Å²) in [5.41, 5.74) is 1.41. The second kappa shape index (κ2) is 5.98. The SMILES string of the molecule is Cc1oc(S(N)(=O)=O)cc1C(=O)N1CCc2c(Br)ccc(F)c2C1. The lowest BCUT2D eigenvalue weighted by Gasteiger charge is -2.29. The van der Waals surface area contributed by atoms with Crippen LogP contribution in [0.1, 0.15) is 27.2 Å². The van der Waals surface area contributed by atoms with E-state index >= 15 is 0 Å². The number of hydrogen-bond acceptors (Lipinski definition) is 4. The third-order valence-corrected chi connectivity index (χ3v) is 5.50. The lowest BCUT2D eigenvalue weighted by molar-refractivity contribution is 0.0730. The number of amides is 1. The highest BCUT2D eigenvalue weighted by Crippen LogP contribution is 2.30. The maximum atomic E-state index is 14.1. The van der Waals surface area contributed by atoms with Crippen LogP contribution in [0.5, 0.6) is 0 Å². The molecular formula is C15H14BrFN2O4S. The first-order valence-electron chi connectivity index (χ1n) is 7.06. The zero-order chi connectivity index (χ0) is 17.6. The summed E-state index contributed by atoms with van der Waals surface area (Å²) in [6.07, 6.45) is 0.498. The molecule has 0 saturated heterocycles. The minimum absolute atomic E-state index is 0.106. The molecule has 0 fully saturated rings. The van der Waals surface area contributed by atoms with Gasteiger partial charge in [-0.1, -0.05) is 15.9 Å². The van der Waals surface area contributed by atoms with E-state index in [-0.39, 0.29) is 23.7 Å². The Morgan fingerprint density at radius 2 is 2.08 bits per heavy atom. The Morgan fingerprint density at radius 3 is 2.71 bits per heavy atom. The fourth-order valence-electron chi connectivity index (χ4n) is 2.74. The number of aryl methyl sites for hydroxylation is 1. The van der Waals surface area contributed by atoms with Crippen LogP contribution in [0.4, 0.5) is 4.39 Å². The van der Waals surface area contributed by atoms with E-state index in [0.717, 1.165) is 16.1 Å². The van der Waals surface area contributed by atoms with Crippen molar-refractivity contribution in [2.45, 2.75) is 25.0 Å². The molecule has 0 atom stereocenters. The van der Waals surface area contributed by atoms with Crippen molar-refractivity contribution in [2.75, 3.05) is 6.54 Å². The number of halogens is 2. The summed E-state index contributed by atoms with van der Waals surface area (Å²) < 4.78 is 42.6. The maximum Gasteiger partial charge on any atom is 0.271 e. The first-order valence-corrected chi connectivity index (χ1v) is 9.40. The van der Waals surface area contributed by atoms with Gasteiger partial charge in [-0.3, -0.25) is 4.79 Å². The van der Waals surface area contributed by atoms with E-state index in [4.69, 9.17) is 9.56 Å². The van der Waals surface area contributed by atoms with Gasteiger partial charge >= 0.3 is 0 Å². The lowest BCUT2D eigenvalue weighted by atomic mass is 9.98. The number of rotatable bonds is 2. The summed E-state index contributed by atoms with van der Waals surface area (Å²) in [4.78, 5) is 14.1. The van der Waals surface area contributed by atoms with Crippen LogP contribution in [0.15, 0.2) is 32.2 Å². The monoisotopic (exact) mass is 416 g/mol. The number of fused-ring (bicyclic) bond motifs is 1. The zero-order valence-corrected chi connectivity index (χ0v) is 15.1. The summed E-state index contributed by atoms with van der Waals surface area (Å²) in [5.74, 6) is -0.638. The normalized spacial score (nSPS) is 14.6. The fraction of sp³-hybridized carbons (Fsp3) is 0.267. The number of hydrogen-bond donors (Lipinski definition) is 1. The topological polar surface area (TPSA) is 93.6 Å². The summed E-state index contributed by atoms with van der Waals surface area (Å²) in [6.45, 7) is 1.98. The van der Waals surface area contributed by atoms with Crippen LogP contribution in [0.2, 0.25) is 0 Å². The van der Waals surface area contributed by atoms with Crippen LogP contribution in [0.25, 0.3) is 0 Å². The van der Waals surface area contributed by atoms with E-state index in [1.807, 2.05) is 0 Å². The molecule has 0 aliphatic carbocycles. The van der Waals surface area contributed by atoms with Gasteiger partial charge in [-0.05, 0) is 31.0 Å². The van der Waals surface area contributed by atoms with Gasteiger partial charge in [0.1, 0.15) is 11.6 Å². The third kappa shape index (κ3) is 2.99. The van der Waals surface area contributed by atoms with Gasteiger partial charge in [0.05, 0.1) is 5.56 Å². The van der Waals surface area contributed by atoms with E-state index in [9.17, 15) is 17.6 Å². The number of benzene rings is 1. The van der Waals surface area contributed by atoms with Gasteiger partial charge < -0.3 is 9.32 Å². The Hall–Kier alpha value is -1.71. The van der Waals surface area contributed by atoms with Crippen LogP contribution in [0, 0.1) is 12.7 Å². The molecule has 0 spiro atoms. The Bertz CT molecular complexity index is 939. The maximum absolute atomic E-state index is 14.1. The molecule has 0 saturated carbocycles. The Morgan fingerprint density at radius 1 is 1.38 bits per heavy atom. The molecule has 6 nitrogen and oxygen atoms in total. The molecule has 1 aromatic heterocycles.